The van der Waals surface area contributed by atoms with Crippen LogP contribution in [0.5, 0.6) is 0 Å². The standard InChI is InChI=1S/C18H24F2N2O3/c19-18(20)8-13(9-18)16(23)21-5-3-14-4-7-25-17(14)11-22(12-17)10-15-2-1-6-24-15/h1-2,6,13-14H,3-5,7-12H2,(H,21,23)/t14-/m0/s1. The molecular weight excluding hydrogens is 330 g/mol. The predicted octanol–water partition coefficient (Wildman–Crippen LogP) is 2.42. The predicted molar refractivity (Wildman–Crippen MR) is 86.1 cm³/mol. The Bertz CT molecular complexity index is 606. The summed E-state index contributed by atoms with van der Waals surface area (Å²) in [7, 11) is 0. The number of nitrogens with zero attached hydrogens (tertiary/aromatic N) is 1. The minimum atomic E-state index is -2.64. The molecule has 138 valence electrons. The van der Waals surface area contributed by atoms with Crippen molar-refractivity contribution in [3.63, 3.8) is 0 Å². The first-order chi connectivity index (χ1) is 12.0. The number of hydrogen-bond acceptors (Lipinski definition) is 4. The average Bonchev–Trinajstić information content (AvgIpc) is 3.14. The molecular formula is C18H24F2N2O3. The van der Waals surface area contributed by atoms with Gasteiger partial charge in [0, 0.05) is 45.0 Å². The molecule has 5 nitrogen and oxygen atoms in total. The molecule has 0 aromatic carbocycles. The van der Waals surface area contributed by atoms with Crippen molar-refractivity contribution in [2.45, 2.75) is 43.8 Å². The third-order valence-electron chi connectivity index (χ3n) is 5.79. The first kappa shape index (κ1) is 17.0. The second kappa shape index (κ2) is 6.36. The van der Waals surface area contributed by atoms with Crippen molar-refractivity contribution in [3.05, 3.63) is 24.2 Å². The number of carbonyl (C=O) groups excluding carboxylic acids is 1. The maximum atomic E-state index is 12.8. The summed E-state index contributed by atoms with van der Waals surface area (Å²) < 4.78 is 37.1. The molecule has 1 saturated carbocycles. The summed E-state index contributed by atoms with van der Waals surface area (Å²) in [6, 6.07) is 3.86. The Labute approximate surface area is 145 Å². The monoisotopic (exact) mass is 354 g/mol. The average molecular weight is 354 g/mol. The van der Waals surface area contributed by atoms with E-state index in [1.807, 2.05) is 12.1 Å². The van der Waals surface area contributed by atoms with Gasteiger partial charge in [0.25, 0.3) is 0 Å². The number of alkyl halides is 2. The molecule has 4 rings (SSSR count). The van der Waals surface area contributed by atoms with Crippen LogP contribution in [0.25, 0.3) is 0 Å². The van der Waals surface area contributed by atoms with Gasteiger partial charge in [-0.1, -0.05) is 0 Å². The van der Waals surface area contributed by atoms with Crippen molar-refractivity contribution in [1.82, 2.24) is 10.2 Å². The van der Waals surface area contributed by atoms with Crippen LogP contribution in [-0.2, 0) is 16.1 Å². The molecule has 1 atom stereocenters. The van der Waals surface area contributed by atoms with Crippen LogP contribution in [-0.4, -0.2) is 48.6 Å². The van der Waals surface area contributed by atoms with E-state index in [0.29, 0.717) is 12.5 Å². The van der Waals surface area contributed by atoms with E-state index in [9.17, 15) is 13.6 Å². The fourth-order valence-corrected chi connectivity index (χ4v) is 4.35. The molecule has 0 bridgehead atoms. The zero-order valence-electron chi connectivity index (χ0n) is 14.2. The number of furan rings is 1. The van der Waals surface area contributed by atoms with E-state index in [-0.39, 0.29) is 24.3 Å². The Morgan fingerprint density at radius 2 is 2.16 bits per heavy atom. The molecule has 0 radical (unpaired) electrons. The third kappa shape index (κ3) is 3.44. The Balaban J connectivity index is 1.20. The molecule has 1 aromatic heterocycles. The Hall–Kier alpha value is -1.47. The highest BCUT2D eigenvalue weighted by Gasteiger charge is 2.53. The van der Waals surface area contributed by atoms with Crippen molar-refractivity contribution >= 4 is 5.91 Å². The van der Waals surface area contributed by atoms with E-state index in [2.05, 4.69) is 10.2 Å². The van der Waals surface area contributed by atoms with E-state index >= 15 is 0 Å². The maximum Gasteiger partial charge on any atom is 0.249 e. The Morgan fingerprint density at radius 3 is 2.84 bits per heavy atom. The van der Waals surface area contributed by atoms with Crippen LogP contribution < -0.4 is 5.32 Å². The topological polar surface area (TPSA) is 54.7 Å². The fourth-order valence-electron chi connectivity index (χ4n) is 4.35. The number of nitrogens with one attached hydrogen (secondary N) is 1. The lowest BCUT2D eigenvalue weighted by atomic mass is 9.78. The first-order valence-corrected chi connectivity index (χ1v) is 9.00. The van der Waals surface area contributed by atoms with Gasteiger partial charge in [0.1, 0.15) is 5.76 Å². The Morgan fingerprint density at radius 1 is 1.36 bits per heavy atom. The molecule has 2 saturated heterocycles. The van der Waals surface area contributed by atoms with Crippen molar-refractivity contribution in [1.29, 1.82) is 0 Å². The quantitative estimate of drug-likeness (QED) is 0.852. The van der Waals surface area contributed by atoms with Gasteiger partial charge < -0.3 is 14.5 Å². The summed E-state index contributed by atoms with van der Waals surface area (Å²) in [5.41, 5.74) is -0.110. The van der Waals surface area contributed by atoms with Gasteiger partial charge in [-0.2, -0.15) is 0 Å². The number of hydrogen-bond donors (Lipinski definition) is 1. The fraction of sp³-hybridized carbons (Fsp3) is 0.722. The zero-order valence-corrected chi connectivity index (χ0v) is 14.2. The maximum absolute atomic E-state index is 12.8. The largest absolute Gasteiger partial charge is 0.468 e. The van der Waals surface area contributed by atoms with E-state index < -0.39 is 11.8 Å². The summed E-state index contributed by atoms with van der Waals surface area (Å²) in [5.74, 6) is -2.03. The van der Waals surface area contributed by atoms with Gasteiger partial charge in [-0.05, 0) is 30.9 Å². The van der Waals surface area contributed by atoms with Crippen molar-refractivity contribution in [2.75, 3.05) is 26.2 Å². The molecule has 0 unspecified atom stereocenters. The van der Waals surface area contributed by atoms with Crippen LogP contribution in [0.15, 0.2) is 22.8 Å². The van der Waals surface area contributed by atoms with Gasteiger partial charge in [-0.25, -0.2) is 8.78 Å². The summed E-state index contributed by atoms with van der Waals surface area (Å²) >= 11 is 0. The highest BCUT2D eigenvalue weighted by atomic mass is 19.3. The minimum absolute atomic E-state index is 0.110. The summed E-state index contributed by atoms with van der Waals surface area (Å²) in [6.07, 6.45) is 2.89. The molecule has 3 heterocycles. The summed E-state index contributed by atoms with van der Waals surface area (Å²) in [5, 5.41) is 2.83. The molecule has 1 amide bonds. The molecule has 7 heteroatoms. The van der Waals surface area contributed by atoms with Gasteiger partial charge in [0.2, 0.25) is 11.8 Å². The van der Waals surface area contributed by atoms with Crippen LogP contribution in [0, 0.1) is 11.8 Å². The van der Waals surface area contributed by atoms with E-state index in [1.165, 1.54) is 0 Å². The van der Waals surface area contributed by atoms with E-state index in [4.69, 9.17) is 9.15 Å². The molecule has 1 N–H and O–H groups in total. The van der Waals surface area contributed by atoms with Gasteiger partial charge in [-0.3, -0.25) is 9.69 Å². The number of halogens is 2. The number of rotatable bonds is 6. The van der Waals surface area contributed by atoms with E-state index in [0.717, 1.165) is 44.8 Å². The van der Waals surface area contributed by atoms with Crippen LogP contribution in [0.2, 0.25) is 0 Å². The number of amides is 1. The molecule has 1 spiro atoms. The van der Waals surface area contributed by atoms with Crippen LogP contribution in [0.3, 0.4) is 0 Å². The highest BCUT2D eigenvalue weighted by Crippen LogP contribution is 2.43. The lowest BCUT2D eigenvalue weighted by Gasteiger charge is -2.50. The van der Waals surface area contributed by atoms with Gasteiger partial charge in [-0.15, -0.1) is 0 Å². The number of ether oxygens (including phenoxy) is 1. The first-order valence-electron chi connectivity index (χ1n) is 9.00. The van der Waals surface area contributed by atoms with Gasteiger partial charge in [0.05, 0.1) is 18.4 Å². The summed E-state index contributed by atoms with van der Waals surface area (Å²) in [4.78, 5) is 14.2. The Kier molecular flexibility index (Phi) is 4.32. The molecule has 3 fully saturated rings. The molecule has 2 aliphatic heterocycles. The van der Waals surface area contributed by atoms with Crippen molar-refractivity contribution in [3.8, 4) is 0 Å². The minimum Gasteiger partial charge on any atom is -0.468 e. The summed E-state index contributed by atoms with van der Waals surface area (Å²) in [6.45, 7) is 3.83. The SMILES string of the molecule is O=C(NCC[C@H]1CCOC12CN(Cc1ccco1)C2)C1CC(F)(F)C1. The molecule has 3 aliphatic rings. The molecule has 1 aliphatic carbocycles. The lowest BCUT2D eigenvalue weighted by molar-refractivity contribution is -0.150. The molecule has 1 aromatic rings. The number of likely N-dealkylation sites (tertiary alicyclic amines) is 1. The van der Waals surface area contributed by atoms with Gasteiger partial charge >= 0.3 is 0 Å². The van der Waals surface area contributed by atoms with Gasteiger partial charge in [0.15, 0.2) is 0 Å². The molecule has 25 heavy (non-hydrogen) atoms. The van der Waals surface area contributed by atoms with Crippen LogP contribution >= 0.6 is 0 Å². The lowest BCUT2D eigenvalue weighted by Crippen LogP contribution is -2.64. The van der Waals surface area contributed by atoms with Crippen LogP contribution in [0.4, 0.5) is 8.78 Å². The second-order valence-corrected chi connectivity index (χ2v) is 7.66. The van der Waals surface area contributed by atoms with Crippen molar-refractivity contribution < 1.29 is 22.7 Å². The second-order valence-electron chi connectivity index (χ2n) is 7.66. The van der Waals surface area contributed by atoms with Crippen molar-refractivity contribution in [2.24, 2.45) is 11.8 Å². The van der Waals surface area contributed by atoms with E-state index in [1.54, 1.807) is 6.26 Å². The zero-order chi connectivity index (χ0) is 17.5. The highest BCUT2D eigenvalue weighted by molar-refractivity contribution is 5.79. The normalized spacial score (nSPS) is 27.8. The third-order valence-corrected chi connectivity index (χ3v) is 5.79. The number of carbonyl (C=O) groups is 1. The smallest absolute Gasteiger partial charge is 0.249 e. The van der Waals surface area contributed by atoms with Crippen LogP contribution in [0.1, 0.15) is 31.4 Å².